The summed E-state index contributed by atoms with van der Waals surface area (Å²) in [5.74, 6) is -0.208. The molecule has 110 valence electrons. The third kappa shape index (κ3) is 5.16. The van der Waals surface area contributed by atoms with Gasteiger partial charge in [-0.15, -0.1) is 0 Å². The Hall–Kier alpha value is -1.14. The van der Waals surface area contributed by atoms with Crippen LogP contribution in [0, 0.1) is 0 Å². The van der Waals surface area contributed by atoms with Crippen LogP contribution in [0.25, 0.3) is 0 Å². The summed E-state index contributed by atoms with van der Waals surface area (Å²) in [5.41, 5.74) is -0.122. The summed E-state index contributed by atoms with van der Waals surface area (Å²) in [7, 11) is 0. The minimum atomic E-state index is -0.511. The third-order valence-corrected chi connectivity index (χ3v) is 2.87. The first-order valence-electron chi connectivity index (χ1n) is 6.75. The second kappa shape index (κ2) is 6.86. The maximum atomic E-state index is 12.2. The summed E-state index contributed by atoms with van der Waals surface area (Å²) in [5, 5.41) is 5.89. The van der Waals surface area contributed by atoms with Crippen molar-refractivity contribution in [2.24, 2.45) is 0 Å². The molecule has 2 N–H and O–H groups in total. The van der Waals surface area contributed by atoms with Gasteiger partial charge in [-0.1, -0.05) is 0 Å². The quantitative estimate of drug-likeness (QED) is 0.739. The van der Waals surface area contributed by atoms with Gasteiger partial charge in [0.1, 0.15) is 6.04 Å². The minimum Gasteiger partial charge on any atom is -0.377 e. The predicted molar refractivity (Wildman–Crippen MR) is 72.8 cm³/mol. The zero-order valence-electron chi connectivity index (χ0n) is 12.3. The molecule has 1 heterocycles. The first-order chi connectivity index (χ1) is 8.85. The zero-order chi connectivity index (χ0) is 14.5. The van der Waals surface area contributed by atoms with Gasteiger partial charge in [0.15, 0.2) is 0 Å². The van der Waals surface area contributed by atoms with Gasteiger partial charge in [0, 0.05) is 18.6 Å². The van der Waals surface area contributed by atoms with Gasteiger partial charge in [0.25, 0.3) is 0 Å². The number of rotatable bonds is 4. The number of nitrogens with zero attached hydrogens (tertiary/aromatic N) is 1. The highest BCUT2D eigenvalue weighted by Gasteiger charge is 2.32. The molecule has 1 unspecified atom stereocenters. The van der Waals surface area contributed by atoms with Crippen LogP contribution in [-0.4, -0.2) is 61.1 Å². The van der Waals surface area contributed by atoms with Gasteiger partial charge in [-0.3, -0.25) is 9.59 Å². The molecule has 0 saturated carbocycles. The smallest absolute Gasteiger partial charge is 0.245 e. The minimum absolute atomic E-state index is 0.0607. The molecule has 0 radical (unpaired) electrons. The molecule has 19 heavy (non-hydrogen) atoms. The molecule has 6 heteroatoms. The van der Waals surface area contributed by atoms with Gasteiger partial charge in [-0.25, -0.2) is 0 Å². The summed E-state index contributed by atoms with van der Waals surface area (Å²) in [6.07, 6.45) is 0. The van der Waals surface area contributed by atoms with E-state index >= 15 is 0 Å². The number of carbonyl (C=O) groups excluding carboxylic acids is 2. The van der Waals surface area contributed by atoms with E-state index in [-0.39, 0.29) is 30.5 Å². The van der Waals surface area contributed by atoms with Gasteiger partial charge in [0.2, 0.25) is 11.8 Å². The molecule has 6 nitrogen and oxygen atoms in total. The van der Waals surface area contributed by atoms with Crippen LogP contribution >= 0.6 is 0 Å². The van der Waals surface area contributed by atoms with E-state index < -0.39 is 6.04 Å². The molecule has 1 saturated heterocycles. The van der Waals surface area contributed by atoms with Crippen LogP contribution in [0.15, 0.2) is 0 Å². The van der Waals surface area contributed by atoms with Crippen molar-refractivity contribution >= 4 is 11.8 Å². The molecular weight excluding hydrogens is 246 g/mol. The highest BCUT2D eigenvalue weighted by Crippen LogP contribution is 2.08. The van der Waals surface area contributed by atoms with Crippen LogP contribution in [0.5, 0.6) is 0 Å². The van der Waals surface area contributed by atoms with E-state index in [1.165, 1.54) is 0 Å². The van der Waals surface area contributed by atoms with Crippen LogP contribution in [0.2, 0.25) is 0 Å². The molecule has 0 aromatic heterocycles. The van der Waals surface area contributed by atoms with Gasteiger partial charge in [-0.2, -0.15) is 0 Å². The SMILES string of the molecule is CCNC(=O)C1COCCN1C(=O)CNC(C)(C)C. The van der Waals surface area contributed by atoms with Crippen molar-refractivity contribution in [1.29, 1.82) is 0 Å². The van der Waals surface area contributed by atoms with Crippen molar-refractivity contribution in [1.82, 2.24) is 15.5 Å². The van der Waals surface area contributed by atoms with Gasteiger partial charge in [0.05, 0.1) is 19.8 Å². The summed E-state index contributed by atoms with van der Waals surface area (Å²) < 4.78 is 5.30. The lowest BCUT2D eigenvalue weighted by atomic mass is 10.1. The van der Waals surface area contributed by atoms with Crippen LogP contribution in [0.4, 0.5) is 0 Å². The number of likely N-dealkylation sites (N-methyl/N-ethyl adjacent to an activating group) is 1. The number of nitrogens with one attached hydrogen (secondary N) is 2. The Balaban J connectivity index is 2.61. The van der Waals surface area contributed by atoms with Gasteiger partial charge >= 0.3 is 0 Å². The van der Waals surface area contributed by atoms with E-state index in [1.807, 2.05) is 27.7 Å². The Labute approximate surface area is 114 Å². The monoisotopic (exact) mass is 271 g/mol. The lowest BCUT2D eigenvalue weighted by Crippen LogP contribution is -2.58. The largest absolute Gasteiger partial charge is 0.377 e. The van der Waals surface area contributed by atoms with E-state index in [2.05, 4.69) is 10.6 Å². The molecule has 1 aliphatic rings. The second-order valence-corrected chi connectivity index (χ2v) is 5.68. The van der Waals surface area contributed by atoms with E-state index in [0.717, 1.165) is 0 Å². The molecule has 0 aliphatic carbocycles. The fraction of sp³-hybridized carbons (Fsp3) is 0.846. The van der Waals surface area contributed by atoms with Gasteiger partial charge in [-0.05, 0) is 27.7 Å². The molecule has 1 aliphatic heterocycles. The van der Waals surface area contributed by atoms with Crippen molar-refractivity contribution < 1.29 is 14.3 Å². The van der Waals surface area contributed by atoms with Gasteiger partial charge < -0.3 is 20.3 Å². The molecule has 0 aromatic rings. The average molecular weight is 271 g/mol. The molecular formula is C13H25N3O3. The Morgan fingerprint density at radius 2 is 2.05 bits per heavy atom. The van der Waals surface area contributed by atoms with E-state index in [4.69, 9.17) is 4.74 Å². The summed E-state index contributed by atoms with van der Waals surface area (Å²) >= 11 is 0. The maximum Gasteiger partial charge on any atom is 0.245 e. The third-order valence-electron chi connectivity index (χ3n) is 2.87. The molecule has 0 bridgehead atoms. The second-order valence-electron chi connectivity index (χ2n) is 5.68. The van der Waals surface area contributed by atoms with Crippen molar-refractivity contribution in [3.8, 4) is 0 Å². The Morgan fingerprint density at radius 1 is 1.37 bits per heavy atom. The van der Waals surface area contributed by atoms with Crippen molar-refractivity contribution in [2.45, 2.75) is 39.3 Å². The number of hydrogen-bond acceptors (Lipinski definition) is 4. The van der Waals surface area contributed by atoms with E-state index in [1.54, 1.807) is 4.90 Å². The molecule has 1 fully saturated rings. The number of amides is 2. The van der Waals surface area contributed by atoms with Crippen molar-refractivity contribution in [3.63, 3.8) is 0 Å². The Morgan fingerprint density at radius 3 is 2.63 bits per heavy atom. The van der Waals surface area contributed by atoms with Crippen molar-refractivity contribution in [2.75, 3.05) is 32.8 Å². The lowest BCUT2D eigenvalue weighted by Gasteiger charge is -2.35. The lowest BCUT2D eigenvalue weighted by molar-refractivity contribution is -0.148. The summed E-state index contributed by atoms with van der Waals surface area (Å²) in [6, 6.07) is -0.511. The zero-order valence-corrected chi connectivity index (χ0v) is 12.3. The Kier molecular flexibility index (Phi) is 5.75. The van der Waals surface area contributed by atoms with E-state index in [0.29, 0.717) is 19.7 Å². The number of morpholine rings is 1. The number of carbonyl (C=O) groups is 2. The predicted octanol–water partition coefficient (Wildman–Crippen LogP) is -0.262. The van der Waals surface area contributed by atoms with Crippen LogP contribution in [-0.2, 0) is 14.3 Å². The summed E-state index contributed by atoms with van der Waals surface area (Å²) in [4.78, 5) is 25.7. The van der Waals surface area contributed by atoms with Crippen molar-refractivity contribution in [3.05, 3.63) is 0 Å². The van der Waals surface area contributed by atoms with Crippen LogP contribution in [0.1, 0.15) is 27.7 Å². The maximum absolute atomic E-state index is 12.2. The highest BCUT2D eigenvalue weighted by atomic mass is 16.5. The fourth-order valence-electron chi connectivity index (χ4n) is 1.85. The topological polar surface area (TPSA) is 70.7 Å². The summed E-state index contributed by atoms with van der Waals surface area (Å²) in [6.45, 7) is 9.87. The van der Waals surface area contributed by atoms with Crippen LogP contribution in [0.3, 0.4) is 0 Å². The highest BCUT2D eigenvalue weighted by molar-refractivity contribution is 5.88. The molecule has 0 aromatic carbocycles. The number of hydrogen-bond donors (Lipinski definition) is 2. The fourth-order valence-corrected chi connectivity index (χ4v) is 1.85. The Bertz CT molecular complexity index is 326. The first-order valence-corrected chi connectivity index (χ1v) is 6.75. The molecule has 1 rings (SSSR count). The molecule has 1 atom stereocenters. The van der Waals surface area contributed by atoms with Crippen LogP contribution < -0.4 is 10.6 Å². The van der Waals surface area contributed by atoms with E-state index in [9.17, 15) is 9.59 Å². The standard InChI is InChI=1S/C13H25N3O3/c1-5-14-12(18)10-9-19-7-6-16(10)11(17)8-15-13(2,3)4/h10,15H,5-9H2,1-4H3,(H,14,18). The first kappa shape index (κ1) is 15.9. The molecule has 0 spiro atoms. The normalized spacial score (nSPS) is 20.2. The molecule has 2 amide bonds. The number of ether oxygens (including phenoxy) is 1. The average Bonchev–Trinajstić information content (AvgIpc) is 2.35.